The Morgan fingerprint density at radius 1 is 1.03 bits per heavy atom. The average Bonchev–Trinajstić information content (AvgIpc) is 2.95. The van der Waals surface area contributed by atoms with Crippen molar-refractivity contribution in [3.05, 3.63) is 77.4 Å². The van der Waals surface area contributed by atoms with Gasteiger partial charge >= 0.3 is 6.36 Å². The second-order valence-corrected chi connectivity index (χ2v) is 6.86. The van der Waals surface area contributed by atoms with E-state index in [9.17, 15) is 18.0 Å². The van der Waals surface area contributed by atoms with Gasteiger partial charge in [0.15, 0.2) is 0 Å². The van der Waals surface area contributed by atoms with Crippen LogP contribution in [0.4, 0.5) is 13.2 Å². The first-order chi connectivity index (χ1) is 13.7. The van der Waals surface area contributed by atoms with Crippen molar-refractivity contribution in [1.82, 2.24) is 4.57 Å². The molecule has 29 heavy (non-hydrogen) atoms. The highest BCUT2D eigenvalue weighted by molar-refractivity contribution is 6.17. The number of halogens is 3. The molecule has 0 unspecified atom stereocenters. The number of hydrogen-bond acceptors (Lipinski definition) is 2. The lowest BCUT2D eigenvalue weighted by atomic mass is 10.1. The van der Waals surface area contributed by atoms with Crippen LogP contribution in [0, 0.1) is 6.92 Å². The van der Waals surface area contributed by atoms with Crippen LogP contribution in [0.5, 0.6) is 5.75 Å². The fourth-order valence-corrected chi connectivity index (χ4v) is 3.61. The van der Waals surface area contributed by atoms with Gasteiger partial charge in [0, 0.05) is 28.4 Å². The Balaban J connectivity index is 1.83. The molecule has 1 heterocycles. The number of nitrogens with zero attached hydrogens (tertiary/aromatic N) is 1. The van der Waals surface area contributed by atoms with E-state index < -0.39 is 12.3 Å². The van der Waals surface area contributed by atoms with Crippen LogP contribution in [0.15, 0.2) is 60.7 Å². The molecule has 0 aliphatic heterocycles. The second-order valence-electron chi connectivity index (χ2n) is 6.86. The van der Waals surface area contributed by atoms with Gasteiger partial charge < -0.3 is 15.0 Å². The Morgan fingerprint density at radius 2 is 1.76 bits per heavy atom. The molecular formula is C22H17F3N2O2. The summed E-state index contributed by atoms with van der Waals surface area (Å²) < 4.78 is 43.1. The molecule has 0 saturated carbocycles. The number of carbonyl (C=O) groups is 1. The first-order valence-corrected chi connectivity index (χ1v) is 8.89. The Morgan fingerprint density at radius 3 is 2.41 bits per heavy atom. The normalized spacial score (nSPS) is 11.9. The molecule has 4 nitrogen and oxygen atoms in total. The lowest BCUT2D eigenvalue weighted by molar-refractivity contribution is -0.274. The minimum Gasteiger partial charge on any atom is -0.406 e. The van der Waals surface area contributed by atoms with Gasteiger partial charge in [0.1, 0.15) is 5.75 Å². The van der Waals surface area contributed by atoms with E-state index >= 15 is 0 Å². The van der Waals surface area contributed by atoms with Crippen LogP contribution in [0.1, 0.15) is 21.5 Å². The zero-order valence-corrected chi connectivity index (χ0v) is 15.5. The van der Waals surface area contributed by atoms with Crippen molar-refractivity contribution in [3.63, 3.8) is 0 Å². The highest BCUT2D eigenvalue weighted by atomic mass is 19.4. The van der Waals surface area contributed by atoms with Crippen LogP contribution in [-0.4, -0.2) is 16.8 Å². The quantitative estimate of drug-likeness (QED) is 0.517. The average molecular weight is 398 g/mol. The molecule has 7 heteroatoms. The number of ether oxygens (including phenoxy) is 1. The third-order valence-electron chi connectivity index (χ3n) is 4.81. The summed E-state index contributed by atoms with van der Waals surface area (Å²) in [6.07, 6.45) is -4.73. The maximum absolute atomic E-state index is 12.4. The zero-order chi connectivity index (χ0) is 20.8. The molecule has 1 aromatic heterocycles. The van der Waals surface area contributed by atoms with E-state index in [1.54, 1.807) is 24.3 Å². The third-order valence-corrected chi connectivity index (χ3v) is 4.81. The van der Waals surface area contributed by atoms with E-state index in [0.29, 0.717) is 12.1 Å². The molecule has 0 radical (unpaired) electrons. The predicted octanol–water partition coefficient (Wildman–Crippen LogP) is 5.15. The van der Waals surface area contributed by atoms with E-state index in [1.165, 1.54) is 12.1 Å². The molecule has 2 N–H and O–H groups in total. The van der Waals surface area contributed by atoms with E-state index in [-0.39, 0.29) is 5.75 Å². The van der Waals surface area contributed by atoms with Crippen LogP contribution in [0.25, 0.3) is 21.8 Å². The summed E-state index contributed by atoms with van der Waals surface area (Å²) in [4.78, 5) is 12.0. The number of benzene rings is 3. The molecule has 0 atom stereocenters. The number of fused-ring (bicyclic) bond motifs is 3. The summed E-state index contributed by atoms with van der Waals surface area (Å²) in [5.74, 6) is -0.779. The molecule has 0 aliphatic carbocycles. The lowest BCUT2D eigenvalue weighted by Gasteiger charge is -2.11. The summed E-state index contributed by atoms with van der Waals surface area (Å²) in [6, 6.07) is 17.1. The number of alkyl halides is 3. The molecule has 0 saturated heterocycles. The zero-order valence-electron chi connectivity index (χ0n) is 15.5. The molecule has 0 fully saturated rings. The molecule has 0 aliphatic rings. The fourth-order valence-electron chi connectivity index (χ4n) is 3.61. The van der Waals surface area contributed by atoms with Crippen molar-refractivity contribution in [3.8, 4) is 5.75 Å². The molecule has 4 rings (SSSR count). The Bertz CT molecular complexity index is 1220. The number of aromatic nitrogens is 1. The van der Waals surface area contributed by atoms with Gasteiger partial charge in [-0.05, 0) is 48.4 Å². The number of hydrogen-bond donors (Lipinski definition) is 1. The van der Waals surface area contributed by atoms with E-state index in [1.807, 2.05) is 35.8 Å². The molecular weight excluding hydrogens is 381 g/mol. The summed E-state index contributed by atoms with van der Waals surface area (Å²) in [6.45, 7) is 2.39. The summed E-state index contributed by atoms with van der Waals surface area (Å²) >= 11 is 0. The number of carbonyl (C=O) groups excluding carboxylic acids is 1. The minimum atomic E-state index is -4.73. The van der Waals surface area contributed by atoms with Crippen LogP contribution in [0.2, 0.25) is 0 Å². The summed E-state index contributed by atoms with van der Waals surface area (Å²) in [5.41, 5.74) is 9.61. The van der Waals surface area contributed by atoms with Gasteiger partial charge in [0.05, 0.1) is 5.52 Å². The Labute approximate surface area is 164 Å². The van der Waals surface area contributed by atoms with E-state index in [0.717, 1.165) is 32.9 Å². The molecule has 4 aromatic rings. The van der Waals surface area contributed by atoms with Crippen LogP contribution < -0.4 is 10.5 Å². The standard InChI is InChI=1S/C22H17F3N2O2/c1-13-5-10-16-19(11-13)27(18-4-2-3-17(20(16)18)21(26)28)12-14-6-8-15(9-7-14)29-22(23,24)25/h2-11H,12H2,1H3,(H2,26,28). The van der Waals surface area contributed by atoms with Gasteiger partial charge in [-0.3, -0.25) is 4.79 Å². The van der Waals surface area contributed by atoms with E-state index in [4.69, 9.17) is 5.73 Å². The van der Waals surface area contributed by atoms with Gasteiger partial charge in [-0.15, -0.1) is 13.2 Å². The molecule has 1 amide bonds. The smallest absolute Gasteiger partial charge is 0.406 e. The minimum absolute atomic E-state index is 0.268. The number of amides is 1. The van der Waals surface area contributed by atoms with Crippen LogP contribution >= 0.6 is 0 Å². The fraction of sp³-hybridized carbons (Fsp3) is 0.136. The highest BCUT2D eigenvalue weighted by Crippen LogP contribution is 2.33. The first-order valence-electron chi connectivity index (χ1n) is 8.89. The van der Waals surface area contributed by atoms with Gasteiger partial charge in [-0.1, -0.05) is 30.3 Å². The van der Waals surface area contributed by atoms with Crippen molar-refractivity contribution < 1.29 is 22.7 Å². The van der Waals surface area contributed by atoms with Crippen LogP contribution in [-0.2, 0) is 6.54 Å². The summed E-state index contributed by atoms with van der Waals surface area (Å²) in [7, 11) is 0. The largest absolute Gasteiger partial charge is 0.573 e. The van der Waals surface area contributed by atoms with Crippen molar-refractivity contribution in [1.29, 1.82) is 0 Å². The van der Waals surface area contributed by atoms with Gasteiger partial charge in [0.25, 0.3) is 0 Å². The maximum Gasteiger partial charge on any atom is 0.573 e. The highest BCUT2D eigenvalue weighted by Gasteiger charge is 2.31. The Kier molecular flexibility index (Phi) is 4.45. The molecule has 148 valence electrons. The maximum atomic E-state index is 12.4. The van der Waals surface area contributed by atoms with E-state index in [2.05, 4.69) is 4.74 Å². The number of rotatable bonds is 4. The SMILES string of the molecule is Cc1ccc2c3c(C(N)=O)cccc3n(Cc3ccc(OC(F)(F)F)cc3)c2c1. The third kappa shape index (κ3) is 3.63. The number of aryl methyl sites for hydroxylation is 1. The lowest BCUT2D eigenvalue weighted by Crippen LogP contribution is -2.17. The monoisotopic (exact) mass is 398 g/mol. The predicted molar refractivity (Wildman–Crippen MR) is 105 cm³/mol. The van der Waals surface area contributed by atoms with Gasteiger partial charge in [0.2, 0.25) is 5.91 Å². The van der Waals surface area contributed by atoms with Gasteiger partial charge in [-0.25, -0.2) is 0 Å². The topological polar surface area (TPSA) is 57.2 Å². The first kappa shape index (κ1) is 18.9. The van der Waals surface area contributed by atoms with Crippen molar-refractivity contribution >= 4 is 27.7 Å². The Hall–Kier alpha value is -3.48. The van der Waals surface area contributed by atoms with Crippen LogP contribution in [0.3, 0.4) is 0 Å². The molecule has 3 aromatic carbocycles. The van der Waals surface area contributed by atoms with Gasteiger partial charge in [-0.2, -0.15) is 0 Å². The van der Waals surface area contributed by atoms with Crippen molar-refractivity contribution in [2.75, 3.05) is 0 Å². The molecule has 0 bridgehead atoms. The second kappa shape index (κ2) is 6.84. The number of primary amides is 1. The molecule has 0 spiro atoms. The summed E-state index contributed by atoms with van der Waals surface area (Å²) in [5, 5.41) is 1.67. The number of nitrogens with two attached hydrogens (primary N) is 1. The van der Waals surface area contributed by atoms with Crippen molar-refractivity contribution in [2.45, 2.75) is 19.8 Å². The van der Waals surface area contributed by atoms with Crippen molar-refractivity contribution in [2.24, 2.45) is 5.73 Å².